The van der Waals surface area contributed by atoms with Gasteiger partial charge in [-0.25, -0.2) is 29.0 Å². The molecule has 10 heteroatoms. The minimum atomic E-state index is -1.09. The SMILES string of the molecule is CCOC(=O)Oc1ccccc1C(=O)OOC(=O)c1ccccc1OC(=O)OC1CCCCC1. The molecule has 10 nitrogen and oxygen atoms in total. The standard InChI is InChI=1S/C24H24O10/c1-2-29-23(27)31-19-14-8-6-12-17(19)21(25)33-34-22(26)18-13-7-9-15-20(18)32-24(28)30-16-10-4-3-5-11-16/h6-9,12-16H,2-5,10-11H2,1H3. The van der Waals surface area contributed by atoms with Gasteiger partial charge in [0, 0.05) is 0 Å². The molecule has 1 saturated carbocycles. The Kier molecular flexibility index (Phi) is 8.84. The summed E-state index contributed by atoms with van der Waals surface area (Å²) in [6, 6.07) is 11.4. The van der Waals surface area contributed by atoms with Crippen LogP contribution >= 0.6 is 0 Å². The predicted molar refractivity (Wildman–Crippen MR) is 115 cm³/mol. The lowest BCUT2D eigenvalue weighted by atomic mass is 9.98. The Balaban J connectivity index is 1.61. The Bertz CT molecular complexity index is 1030. The Morgan fingerprint density at radius 2 is 1.24 bits per heavy atom. The number of ether oxygens (including phenoxy) is 4. The molecular weight excluding hydrogens is 448 g/mol. The minimum absolute atomic E-state index is 0.0821. The molecule has 0 unspecified atom stereocenters. The number of benzene rings is 2. The summed E-state index contributed by atoms with van der Waals surface area (Å²) in [7, 11) is 0. The van der Waals surface area contributed by atoms with Crippen LogP contribution in [0.15, 0.2) is 48.5 Å². The van der Waals surface area contributed by atoms with E-state index in [9.17, 15) is 19.2 Å². The summed E-state index contributed by atoms with van der Waals surface area (Å²) in [5.41, 5.74) is -0.337. The smallest absolute Gasteiger partial charge is 0.434 e. The van der Waals surface area contributed by atoms with E-state index in [1.165, 1.54) is 42.5 Å². The molecule has 0 saturated heterocycles. The van der Waals surface area contributed by atoms with E-state index in [0.29, 0.717) is 0 Å². The van der Waals surface area contributed by atoms with E-state index >= 15 is 0 Å². The quantitative estimate of drug-likeness (QED) is 0.245. The normalized spacial score (nSPS) is 13.3. The van der Waals surface area contributed by atoms with Crippen LogP contribution in [0, 0.1) is 0 Å². The molecule has 34 heavy (non-hydrogen) atoms. The average Bonchev–Trinajstić information content (AvgIpc) is 2.83. The van der Waals surface area contributed by atoms with Gasteiger partial charge in [-0.2, -0.15) is 0 Å². The van der Waals surface area contributed by atoms with Crippen LogP contribution in [0.2, 0.25) is 0 Å². The second kappa shape index (κ2) is 12.2. The summed E-state index contributed by atoms with van der Waals surface area (Å²) in [6.07, 6.45) is 2.40. The highest BCUT2D eigenvalue weighted by atomic mass is 17.2. The van der Waals surface area contributed by atoms with Crippen LogP contribution in [0.1, 0.15) is 59.7 Å². The van der Waals surface area contributed by atoms with Gasteiger partial charge in [0.15, 0.2) is 0 Å². The number of para-hydroxylation sites is 2. The number of carbonyl (C=O) groups is 4. The maximum absolute atomic E-state index is 12.5. The molecule has 0 N–H and O–H groups in total. The van der Waals surface area contributed by atoms with Gasteiger partial charge in [-0.1, -0.05) is 30.7 Å². The van der Waals surface area contributed by atoms with Gasteiger partial charge in [-0.05, 0) is 56.9 Å². The van der Waals surface area contributed by atoms with Crippen molar-refractivity contribution in [3.63, 3.8) is 0 Å². The van der Waals surface area contributed by atoms with E-state index in [1.54, 1.807) is 13.0 Å². The van der Waals surface area contributed by atoms with Crippen molar-refractivity contribution in [2.24, 2.45) is 0 Å². The molecule has 0 atom stereocenters. The molecule has 1 fully saturated rings. The molecule has 2 aromatic carbocycles. The van der Waals surface area contributed by atoms with Gasteiger partial charge in [0.05, 0.1) is 6.61 Å². The van der Waals surface area contributed by atoms with Crippen molar-refractivity contribution >= 4 is 24.2 Å². The van der Waals surface area contributed by atoms with Crippen molar-refractivity contribution in [3.05, 3.63) is 59.7 Å². The lowest BCUT2D eigenvalue weighted by molar-refractivity contribution is -0.187. The molecule has 0 aliphatic heterocycles. The van der Waals surface area contributed by atoms with Crippen LogP contribution < -0.4 is 9.47 Å². The second-order valence-electron chi connectivity index (χ2n) is 7.25. The Labute approximate surface area is 195 Å². The van der Waals surface area contributed by atoms with E-state index in [2.05, 4.69) is 14.5 Å². The monoisotopic (exact) mass is 472 g/mol. The van der Waals surface area contributed by atoms with Crippen LogP contribution in [-0.4, -0.2) is 37.0 Å². The molecule has 0 aromatic heterocycles. The molecule has 0 amide bonds. The largest absolute Gasteiger partial charge is 0.514 e. The van der Waals surface area contributed by atoms with Gasteiger partial charge in [0.1, 0.15) is 28.7 Å². The first kappa shape index (κ1) is 24.6. The first-order valence-electron chi connectivity index (χ1n) is 10.8. The summed E-state index contributed by atoms with van der Waals surface area (Å²) in [5.74, 6) is -2.44. The lowest BCUT2D eigenvalue weighted by Gasteiger charge is -2.21. The molecule has 0 spiro atoms. The fourth-order valence-corrected chi connectivity index (χ4v) is 3.28. The van der Waals surface area contributed by atoms with Crippen molar-refractivity contribution in [2.75, 3.05) is 6.61 Å². The maximum atomic E-state index is 12.5. The van der Waals surface area contributed by atoms with E-state index in [4.69, 9.17) is 14.2 Å². The first-order valence-corrected chi connectivity index (χ1v) is 10.8. The van der Waals surface area contributed by atoms with E-state index < -0.39 is 24.2 Å². The van der Waals surface area contributed by atoms with Crippen molar-refractivity contribution in [2.45, 2.75) is 45.1 Å². The van der Waals surface area contributed by atoms with E-state index in [-0.39, 0.29) is 35.3 Å². The average molecular weight is 472 g/mol. The maximum Gasteiger partial charge on any atom is 0.514 e. The highest BCUT2D eigenvalue weighted by molar-refractivity contribution is 5.96. The van der Waals surface area contributed by atoms with E-state index in [0.717, 1.165) is 32.1 Å². The molecule has 2 aromatic rings. The number of hydrogen-bond acceptors (Lipinski definition) is 10. The van der Waals surface area contributed by atoms with Crippen molar-refractivity contribution < 1.29 is 47.9 Å². The topological polar surface area (TPSA) is 124 Å². The van der Waals surface area contributed by atoms with Crippen molar-refractivity contribution in [3.8, 4) is 11.5 Å². The Hall–Kier alpha value is -4.08. The zero-order chi connectivity index (χ0) is 24.3. The van der Waals surface area contributed by atoms with Crippen LogP contribution in [0.4, 0.5) is 9.59 Å². The number of carbonyl (C=O) groups excluding carboxylic acids is 4. The fourth-order valence-electron chi connectivity index (χ4n) is 3.28. The summed E-state index contributed by atoms with van der Waals surface area (Å²) < 4.78 is 20.1. The van der Waals surface area contributed by atoms with Crippen LogP contribution in [-0.2, 0) is 19.2 Å². The first-order chi connectivity index (χ1) is 16.5. The van der Waals surface area contributed by atoms with Gasteiger partial charge < -0.3 is 18.9 Å². The van der Waals surface area contributed by atoms with Gasteiger partial charge in [-0.15, -0.1) is 0 Å². The second-order valence-corrected chi connectivity index (χ2v) is 7.25. The van der Waals surface area contributed by atoms with Gasteiger partial charge >= 0.3 is 24.2 Å². The molecule has 0 radical (unpaired) electrons. The third-order valence-corrected chi connectivity index (χ3v) is 4.87. The molecule has 1 aliphatic rings. The summed E-state index contributed by atoms with van der Waals surface area (Å²) in [4.78, 5) is 57.8. The number of rotatable bonds is 6. The zero-order valence-corrected chi connectivity index (χ0v) is 18.5. The predicted octanol–water partition coefficient (Wildman–Crippen LogP) is 5.00. The minimum Gasteiger partial charge on any atom is -0.434 e. The van der Waals surface area contributed by atoms with Crippen molar-refractivity contribution in [1.29, 1.82) is 0 Å². The van der Waals surface area contributed by atoms with Gasteiger partial charge in [0.2, 0.25) is 0 Å². The fraction of sp³-hybridized carbons (Fsp3) is 0.333. The van der Waals surface area contributed by atoms with Gasteiger partial charge in [0.25, 0.3) is 0 Å². The third-order valence-electron chi connectivity index (χ3n) is 4.87. The molecule has 0 bridgehead atoms. The lowest BCUT2D eigenvalue weighted by Crippen LogP contribution is -2.23. The Morgan fingerprint density at radius 1 is 0.735 bits per heavy atom. The molecule has 3 rings (SSSR count). The summed E-state index contributed by atoms with van der Waals surface area (Å²) >= 11 is 0. The van der Waals surface area contributed by atoms with Crippen LogP contribution in [0.3, 0.4) is 0 Å². The molecule has 0 heterocycles. The highest BCUT2D eigenvalue weighted by Gasteiger charge is 2.24. The highest BCUT2D eigenvalue weighted by Crippen LogP contribution is 2.24. The van der Waals surface area contributed by atoms with Crippen molar-refractivity contribution in [1.82, 2.24) is 0 Å². The summed E-state index contributed by atoms with van der Waals surface area (Å²) in [6.45, 7) is 1.68. The Morgan fingerprint density at radius 3 is 1.76 bits per heavy atom. The van der Waals surface area contributed by atoms with Crippen LogP contribution in [0.25, 0.3) is 0 Å². The van der Waals surface area contributed by atoms with Gasteiger partial charge in [-0.3, -0.25) is 0 Å². The molecule has 1 aliphatic carbocycles. The van der Waals surface area contributed by atoms with Crippen LogP contribution in [0.5, 0.6) is 11.5 Å². The summed E-state index contributed by atoms with van der Waals surface area (Å²) in [5, 5.41) is 0. The molecule has 180 valence electrons. The third kappa shape index (κ3) is 6.96. The zero-order valence-electron chi connectivity index (χ0n) is 18.5. The number of hydrogen-bond donors (Lipinski definition) is 0. The van der Waals surface area contributed by atoms with E-state index in [1.807, 2.05) is 0 Å². The molecular formula is C24H24O10.